The van der Waals surface area contributed by atoms with Crippen LogP contribution in [-0.4, -0.2) is 78.5 Å². The second-order valence-corrected chi connectivity index (χ2v) is 15.4. The quantitative estimate of drug-likeness (QED) is 0.0173. The third-order valence-corrected chi connectivity index (χ3v) is 9.99. The van der Waals surface area contributed by atoms with E-state index in [1.165, 1.54) is 0 Å². The first-order valence-electron chi connectivity index (χ1n) is 20.7. The van der Waals surface area contributed by atoms with Gasteiger partial charge in [0.25, 0.3) is 23.6 Å². The maximum absolute atomic E-state index is 13.0. The maximum atomic E-state index is 13.0. The summed E-state index contributed by atoms with van der Waals surface area (Å²) in [4.78, 5) is 76.3. The summed E-state index contributed by atoms with van der Waals surface area (Å²) in [7, 11) is 6.82. The Kier molecular flexibility index (Phi) is 21.9. The largest absolute Gasteiger partial charge is 1.00 e. The molecule has 0 aliphatic rings. The van der Waals surface area contributed by atoms with E-state index in [1.807, 2.05) is 0 Å². The Bertz CT molecular complexity index is 2120. The van der Waals surface area contributed by atoms with Crippen LogP contribution in [0.5, 0.6) is 0 Å². The summed E-state index contributed by atoms with van der Waals surface area (Å²) in [6.45, 7) is 0.586. The van der Waals surface area contributed by atoms with Crippen LogP contribution in [-0.2, 0) is 37.8 Å². The molecule has 4 rings (SSSR count). The van der Waals surface area contributed by atoms with Crippen molar-refractivity contribution in [3.63, 3.8) is 0 Å². The van der Waals surface area contributed by atoms with Gasteiger partial charge in [-0.2, -0.15) is 0 Å². The molecule has 0 spiro atoms. The number of carbonyl (C=O) groups excluding carboxylic acids is 6. The third-order valence-electron chi connectivity index (χ3n) is 9.99. The second kappa shape index (κ2) is 26.2. The molecule has 22 heteroatoms. The summed E-state index contributed by atoms with van der Waals surface area (Å²) >= 11 is 0. The van der Waals surface area contributed by atoms with E-state index < -0.39 is 0 Å². The number of aromatic nitrogens is 4. The van der Waals surface area contributed by atoms with Gasteiger partial charge in [-0.25, -0.2) is 0 Å². The number of nitrogens with zero attached hydrogens (tertiary/aromatic N) is 4. The van der Waals surface area contributed by atoms with Crippen LogP contribution in [0.25, 0.3) is 0 Å². The average Bonchev–Trinajstić information content (AvgIpc) is 3.96. The first-order valence-corrected chi connectivity index (χ1v) is 20.7. The molecule has 14 N–H and O–H groups in total. The number of rotatable bonds is 25. The van der Waals surface area contributed by atoms with Crippen molar-refractivity contribution < 1.29 is 64.4 Å². The molecule has 0 saturated heterocycles. The summed E-state index contributed by atoms with van der Waals surface area (Å²) in [6.07, 6.45) is 15.5. The lowest BCUT2D eigenvalue weighted by molar-refractivity contribution is -0.118. The summed E-state index contributed by atoms with van der Waals surface area (Å²) in [5.74, 6) is -1.22. The zero-order valence-electron chi connectivity index (χ0n) is 36.8. The van der Waals surface area contributed by atoms with Crippen LogP contribution in [0, 0.1) is 0 Å². The topological polar surface area (TPSA) is 298 Å². The highest BCUT2D eigenvalue weighted by molar-refractivity contribution is 6.06. The molecule has 0 fully saturated rings. The van der Waals surface area contributed by atoms with E-state index in [0.29, 0.717) is 84.3 Å². The normalized spacial score (nSPS) is 10.5. The average molecular weight is 930 g/mol. The van der Waals surface area contributed by atoms with Gasteiger partial charge in [0, 0.05) is 78.9 Å². The number of nitrogens with one attached hydrogen (secondary N) is 6. The minimum Gasteiger partial charge on any atom is -1.00 e. The second-order valence-electron chi connectivity index (χ2n) is 15.4. The molecule has 4 heterocycles. The summed E-state index contributed by atoms with van der Waals surface area (Å²) in [5.41, 5.74) is 14.2. The van der Waals surface area contributed by atoms with E-state index in [0.717, 1.165) is 51.4 Å². The number of unbranched alkanes of at least 4 members (excludes halogenated alkanes) is 7. The molecular weight excluding hydrogens is 867 g/mol. The molecule has 0 aliphatic carbocycles. The molecule has 0 aliphatic heterocycles. The van der Waals surface area contributed by atoms with Crippen molar-refractivity contribution >= 4 is 69.9 Å². The van der Waals surface area contributed by atoms with Crippen LogP contribution in [0.15, 0.2) is 49.1 Å². The van der Waals surface area contributed by atoms with Crippen molar-refractivity contribution in [1.29, 1.82) is 0 Å². The number of aryl methyl sites for hydroxylation is 4. The fourth-order valence-corrected chi connectivity index (χ4v) is 6.73. The first-order chi connectivity index (χ1) is 29.5. The minimum atomic E-state index is -0.389. The molecule has 0 unspecified atom stereocenters. The molecule has 6 amide bonds. The van der Waals surface area contributed by atoms with E-state index in [-0.39, 0.29) is 71.9 Å². The van der Waals surface area contributed by atoms with Gasteiger partial charge in [0.1, 0.15) is 22.8 Å². The number of amidine groups is 2. The number of amides is 6. The van der Waals surface area contributed by atoms with Gasteiger partial charge in [-0.15, -0.1) is 0 Å². The Morgan fingerprint density at radius 3 is 1.00 bits per heavy atom. The lowest BCUT2D eigenvalue weighted by atomic mass is 10.1. The van der Waals surface area contributed by atoms with E-state index >= 15 is 0 Å². The number of carbonyl (C=O) groups is 6. The van der Waals surface area contributed by atoms with Crippen LogP contribution in [0.1, 0.15) is 119 Å². The van der Waals surface area contributed by atoms with Crippen molar-refractivity contribution in [3.8, 4) is 0 Å². The monoisotopic (exact) mass is 928 g/mol. The van der Waals surface area contributed by atoms with Crippen LogP contribution in [0.2, 0.25) is 0 Å². The van der Waals surface area contributed by atoms with Crippen molar-refractivity contribution in [2.24, 2.45) is 39.7 Å². The minimum absolute atomic E-state index is 0. The first kappa shape index (κ1) is 53.6. The summed E-state index contributed by atoms with van der Waals surface area (Å²) < 4.78 is 6.46. The van der Waals surface area contributed by atoms with Gasteiger partial charge in [0.05, 0.1) is 35.6 Å². The van der Waals surface area contributed by atoms with Gasteiger partial charge in [-0.1, -0.05) is 38.5 Å². The molecule has 64 heavy (non-hydrogen) atoms. The summed E-state index contributed by atoms with van der Waals surface area (Å²) in [5, 5.41) is 27.7. The predicted molar refractivity (Wildman–Crippen MR) is 237 cm³/mol. The number of anilines is 4. The van der Waals surface area contributed by atoms with Crippen LogP contribution < -0.4 is 79.0 Å². The molecular formula is C42H62Cl2N14O6. The van der Waals surface area contributed by atoms with Gasteiger partial charge in [-0.3, -0.25) is 51.1 Å². The van der Waals surface area contributed by atoms with E-state index in [4.69, 9.17) is 22.3 Å². The molecule has 0 radical (unpaired) electrons. The van der Waals surface area contributed by atoms with Crippen molar-refractivity contribution in [2.45, 2.75) is 77.0 Å². The molecule has 4 aromatic rings. The smallest absolute Gasteiger partial charge is 0.272 e. The maximum Gasteiger partial charge on any atom is 0.272 e. The molecule has 0 aromatic carbocycles. The van der Waals surface area contributed by atoms with E-state index in [9.17, 15) is 28.8 Å². The van der Waals surface area contributed by atoms with Gasteiger partial charge >= 0.3 is 0 Å². The highest BCUT2D eigenvalue weighted by Crippen LogP contribution is 2.20. The highest BCUT2D eigenvalue weighted by Gasteiger charge is 2.19. The lowest BCUT2D eigenvalue weighted by Gasteiger charge is -2.04. The van der Waals surface area contributed by atoms with Crippen molar-refractivity contribution in [2.75, 3.05) is 34.4 Å². The Balaban J connectivity index is 0.00000704. The molecule has 0 atom stereocenters. The highest BCUT2D eigenvalue weighted by atomic mass is 35.5. The van der Waals surface area contributed by atoms with E-state index in [2.05, 4.69) is 31.9 Å². The van der Waals surface area contributed by atoms with Gasteiger partial charge in [-0.05, 0) is 37.1 Å². The number of hydrogen-bond acceptors (Lipinski definition) is 6. The molecule has 20 nitrogen and oxygen atoms in total. The predicted octanol–water partition coefficient (Wildman–Crippen LogP) is -5.50. The van der Waals surface area contributed by atoms with Crippen molar-refractivity contribution in [3.05, 3.63) is 71.8 Å². The fourth-order valence-electron chi connectivity index (χ4n) is 6.73. The Hall–Kier alpha value is -6.54. The Labute approximate surface area is 384 Å². The fraction of sp³-hybridized carbons (Fsp3) is 0.429. The molecule has 4 aromatic heterocycles. The van der Waals surface area contributed by atoms with Crippen molar-refractivity contribution in [1.82, 2.24) is 28.9 Å². The number of halogens is 2. The number of hydrogen-bond donors (Lipinski definition) is 10. The molecule has 0 bridgehead atoms. The van der Waals surface area contributed by atoms with Crippen LogP contribution >= 0.6 is 0 Å². The van der Waals surface area contributed by atoms with Crippen LogP contribution in [0.3, 0.4) is 0 Å². The molecule has 0 saturated carbocycles. The van der Waals surface area contributed by atoms with E-state index in [1.54, 1.807) is 95.5 Å². The standard InChI is InChI=1S/C42H60N14O6.2ClH/c1-53-25-29(21-31(53)39(59)47-17-15-35(43)44)51-41(61)33-19-27(23-55(33)3)49-37(57)13-11-9-7-5-6-8-10-12-14-38(58)50-28-20-34(56(4)24-28)42(62)52-30-22-32(54(2)26-30)40(60)48-18-16-36(45)46;;/h19-26H,5-18H2,1-4H3,(H3,43,44)(H3,45,46)(H,47,59)(H,48,60)(H,49,57)(H,50,58)(H,51,61)(H,52,62);2*1H. The third kappa shape index (κ3) is 17.0. The van der Waals surface area contributed by atoms with Gasteiger partial charge < -0.3 is 75.0 Å². The van der Waals surface area contributed by atoms with Gasteiger partial charge in [0.2, 0.25) is 23.5 Å². The zero-order valence-corrected chi connectivity index (χ0v) is 38.3. The van der Waals surface area contributed by atoms with Gasteiger partial charge in [0.15, 0.2) is 0 Å². The zero-order chi connectivity index (χ0) is 45.3. The SMILES string of the molecule is Cn1cc(NC(=O)c2cc(NC(=O)CCCCCCCCCCC(=O)Nc3cc(C(=O)Nc4cc(C(=O)NCCC(N)=[NH2+])n(C)c4)n(C)c3)cn2C)cc1C(=O)NCCC(N)=[NH2+].[Cl-].[Cl-]. The number of nitrogens with two attached hydrogens (primary N) is 4. The lowest BCUT2D eigenvalue weighted by Crippen LogP contribution is -3.00. The summed E-state index contributed by atoms with van der Waals surface area (Å²) in [6, 6.07) is 6.36. The Morgan fingerprint density at radius 1 is 0.438 bits per heavy atom. The Morgan fingerprint density at radius 2 is 0.703 bits per heavy atom. The van der Waals surface area contributed by atoms with Crippen LogP contribution in [0.4, 0.5) is 22.7 Å². The molecule has 350 valence electrons.